The van der Waals surface area contributed by atoms with Crippen LogP contribution in [0.25, 0.3) is 0 Å². The maximum Gasteiger partial charge on any atom is 0.279 e. The van der Waals surface area contributed by atoms with Gasteiger partial charge in [-0.2, -0.15) is 0 Å². The van der Waals surface area contributed by atoms with Crippen molar-refractivity contribution in [3.05, 3.63) is 62.5 Å². The van der Waals surface area contributed by atoms with E-state index in [0.29, 0.717) is 12.3 Å². The normalized spacial score (nSPS) is 20.3. The summed E-state index contributed by atoms with van der Waals surface area (Å²) in [5.41, 5.74) is 2.11. The highest BCUT2D eigenvalue weighted by Crippen LogP contribution is 2.34. The molecular formula is C20H19N2O3S2+. The Morgan fingerprint density at radius 1 is 1.15 bits per heavy atom. The molecule has 0 bridgehead atoms. The average Bonchev–Trinajstić information content (AvgIpc) is 3.42. The van der Waals surface area contributed by atoms with Gasteiger partial charge in [0, 0.05) is 28.6 Å². The number of rotatable bonds is 4. The number of thiophene rings is 2. The van der Waals surface area contributed by atoms with Crippen molar-refractivity contribution < 1.29 is 19.2 Å². The molecule has 1 amide bonds. The molecule has 0 saturated heterocycles. The van der Waals surface area contributed by atoms with E-state index < -0.39 is 0 Å². The molecule has 2 N–H and O–H groups in total. The third-order valence-electron chi connectivity index (χ3n) is 5.04. The predicted octanol–water partition coefficient (Wildman–Crippen LogP) is 2.71. The summed E-state index contributed by atoms with van der Waals surface area (Å²) in [5.74, 6) is 1.42. The van der Waals surface area contributed by atoms with Crippen LogP contribution in [0.2, 0.25) is 0 Å². The summed E-state index contributed by atoms with van der Waals surface area (Å²) in [5, 5.41) is 7.29. The number of nitrogens with one attached hydrogen (secondary N) is 2. The molecule has 2 aliphatic heterocycles. The second-order valence-electron chi connectivity index (χ2n) is 6.70. The maximum atomic E-state index is 12.7. The van der Waals surface area contributed by atoms with Gasteiger partial charge in [0.25, 0.3) is 5.91 Å². The first-order valence-corrected chi connectivity index (χ1v) is 10.7. The van der Waals surface area contributed by atoms with Crippen molar-refractivity contribution in [3.8, 4) is 11.5 Å². The summed E-state index contributed by atoms with van der Waals surface area (Å²) >= 11 is 3.59. The summed E-state index contributed by atoms with van der Waals surface area (Å²) in [4.78, 5) is 16.8. The van der Waals surface area contributed by atoms with E-state index in [1.165, 1.54) is 20.2 Å². The van der Waals surface area contributed by atoms with Crippen LogP contribution in [-0.2, 0) is 11.2 Å². The first-order valence-electron chi connectivity index (χ1n) is 8.91. The zero-order valence-electron chi connectivity index (χ0n) is 14.6. The van der Waals surface area contributed by atoms with Gasteiger partial charge in [-0.05, 0) is 35.0 Å². The summed E-state index contributed by atoms with van der Waals surface area (Å²) in [6.45, 7) is 1.63. The summed E-state index contributed by atoms with van der Waals surface area (Å²) in [7, 11) is 0. The number of hydrogen-bond donors (Lipinski definition) is 2. The molecule has 2 aromatic heterocycles. The fraction of sp³-hybridized carbons (Fsp3) is 0.250. The van der Waals surface area contributed by atoms with Crippen molar-refractivity contribution in [2.45, 2.75) is 12.5 Å². The van der Waals surface area contributed by atoms with E-state index in [9.17, 15) is 4.79 Å². The van der Waals surface area contributed by atoms with Crippen molar-refractivity contribution in [1.82, 2.24) is 0 Å². The molecule has 0 aliphatic carbocycles. The third-order valence-corrected chi connectivity index (χ3v) is 6.98. The van der Waals surface area contributed by atoms with E-state index >= 15 is 0 Å². The molecule has 0 fully saturated rings. The Bertz CT molecular complexity index is 968. The van der Waals surface area contributed by atoms with Crippen LogP contribution in [0.4, 0.5) is 5.69 Å². The van der Waals surface area contributed by atoms with Gasteiger partial charge in [0.15, 0.2) is 18.0 Å². The van der Waals surface area contributed by atoms with Crippen molar-refractivity contribution in [2.24, 2.45) is 0 Å². The van der Waals surface area contributed by atoms with Crippen molar-refractivity contribution >= 4 is 34.3 Å². The minimum atomic E-state index is 0.0177. The minimum Gasteiger partial charge on any atom is -0.454 e. The second-order valence-corrected chi connectivity index (χ2v) is 8.68. The molecule has 5 nitrogen and oxygen atoms in total. The molecule has 1 aromatic carbocycles. The Kier molecular flexibility index (Phi) is 4.35. The maximum absolute atomic E-state index is 12.7. The number of benzene rings is 1. The van der Waals surface area contributed by atoms with E-state index in [1.54, 1.807) is 11.3 Å². The minimum absolute atomic E-state index is 0.0177. The Labute approximate surface area is 165 Å². The predicted molar refractivity (Wildman–Crippen MR) is 106 cm³/mol. The molecule has 3 aromatic rings. The Hall–Kier alpha value is -2.35. The molecule has 7 heteroatoms. The largest absolute Gasteiger partial charge is 0.454 e. The molecule has 4 heterocycles. The van der Waals surface area contributed by atoms with E-state index in [-0.39, 0.29) is 18.7 Å². The van der Waals surface area contributed by atoms with Gasteiger partial charge < -0.3 is 19.7 Å². The van der Waals surface area contributed by atoms with Crippen LogP contribution in [0.15, 0.2) is 47.2 Å². The fourth-order valence-electron chi connectivity index (χ4n) is 3.84. The van der Waals surface area contributed by atoms with Gasteiger partial charge in [-0.3, -0.25) is 4.79 Å². The number of carbonyl (C=O) groups excluding carboxylic acids is 1. The SMILES string of the molecule is O=C(C[NH+]1CCc2sccc2[C@H]1c1cccs1)Nc1ccc2c(c1)OCO2. The zero-order valence-corrected chi connectivity index (χ0v) is 16.2. The lowest BCUT2D eigenvalue weighted by Crippen LogP contribution is -3.14. The van der Waals surface area contributed by atoms with Gasteiger partial charge >= 0.3 is 0 Å². The van der Waals surface area contributed by atoms with Gasteiger partial charge in [0.1, 0.15) is 6.04 Å². The third kappa shape index (κ3) is 3.22. The van der Waals surface area contributed by atoms with Crippen molar-refractivity contribution in [1.29, 1.82) is 0 Å². The molecule has 2 aliphatic rings. The molecular weight excluding hydrogens is 380 g/mol. The number of ether oxygens (including phenoxy) is 2. The van der Waals surface area contributed by atoms with Crippen LogP contribution < -0.4 is 19.7 Å². The highest BCUT2D eigenvalue weighted by molar-refractivity contribution is 7.10. The van der Waals surface area contributed by atoms with E-state index in [0.717, 1.165) is 24.4 Å². The lowest BCUT2D eigenvalue weighted by Gasteiger charge is -2.31. The molecule has 2 atom stereocenters. The van der Waals surface area contributed by atoms with E-state index in [2.05, 4.69) is 34.3 Å². The van der Waals surface area contributed by atoms with Crippen LogP contribution in [-0.4, -0.2) is 25.8 Å². The first kappa shape index (κ1) is 16.8. The quantitative estimate of drug-likeness (QED) is 0.709. The number of carbonyl (C=O) groups is 1. The van der Waals surface area contributed by atoms with Crippen LogP contribution in [0.3, 0.4) is 0 Å². The summed E-state index contributed by atoms with van der Waals surface area (Å²) in [6, 6.07) is 12.2. The molecule has 0 spiro atoms. The van der Waals surface area contributed by atoms with Crippen LogP contribution in [0.5, 0.6) is 11.5 Å². The molecule has 1 unspecified atom stereocenters. The standard InChI is InChI=1S/C20H18N2O3S2/c23-19(21-13-3-4-15-16(10-13)25-12-24-15)11-22-7-5-17-14(6-9-27-17)20(22)18-2-1-8-26-18/h1-4,6,8-10,20H,5,7,11-12H2,(H,21,23)/p+1/t20-/m0/s1. The van der Waals surface area contributed by atoms with Crippen molar-refractivity contribution in [3.63, 3.8) is 0 Å². The van der Waals surface area contributed by atoms with Gasteiger partial charge in [-0.25, -0.2) is 0 Å². The van der Waals surface area contributed by atoms with E-state index in [1.807, 2.05) is 29.5 Å². The smallest absolute Gasteiger partial charge is 0.279 e. The highest BCUT2D eigenvalue weighted by Gasteiger charge is 2.35. The van der Waals surface area contributed by atoms with Gasteiger partial charge in [0.2, 0.25) is 6.79 Å². The zero-order chi connectivity index (χ0) is 18.2. The summed E-state index contributed by atoms with van der Waals surface area (Å²) in [6.07, 6.45) is 1.03. The van der Waals surface area contributed by atoms with Crippen LogP contribution in [0, 0.1) is 0 Å². The summed E-state index contributed by atoms with van der Waals surface area (Å²) < 4.78 is 10.7. The molecule has 5 rings (SSSR count). The first-order chi connectivity index (χ1) is 13.3. The van der Waals surface area contributed by atoms with Gasteiger partial charge in [0.05, 0.1) is 11.4 Å². The average molecular weight is 400 g/mol. The number of amides is 1. The topological polar surface area (TPSA) is 52.0 Å². The van der Waals surface area contributed by atoms with Gasteiger partial charge in [-0.1, -0.05) is 6.07 Å². The number of fused-ring (bicyclic) bond motifs is 2. The number of anilines is 1. The molecule has 0 saturated carbocycles. The Morgan fingerprint density at radius 3 is 2.96 bits per heavy atom. The molecule has 138 valence electrons. The van der Waals surface area contributed by atoms with E-state index in [4.69, 9.17) is 9.47 Å². The molecule has 27 heavy (non-hydrogen) atoms. The Morgan fingerprint density at radius 2 is 2.07 bits per heavy atom. The highest BCUT2D eigenvalue weighted by atomic mass is 32.1. The van der Waals surface area contributed by atoms with Gasteiger partial charge in [-0.15, -0.1) is 22.7 Å². The lowest BCUT2D eigenvalue weighted by molar-refractivity contribution is -0.919. The molecule has 0 radical (unpaired) electrons. The second kappa shape index (κ2) is 6.99. The van der Waals surface area contributed by atoms with Crippen molar-refractivity contribution in [2.75, 3.05) is 25.2 Å². The monoisotopic (exact) mass is 399 g/mol. The lowest BCUT2D eigenvalue weighted by atomic mass is 9.98. The Balaban J connectivity index is 1.34. The van der Waals surface area contributed by atoms with Crippen LogP contribution in [0.1, 0.15) is 21.4 Å². The fourth-order valence-corrected chi connectivity index (χ4v) is 5.66. The number of quaternary nitrogens is 1. The number of hydrogen-bond acceptors (Lipinski definition) is 5. The van der Waals surface area contributed by atoms with Crippen LogP contribution >= 0.6 is 22.7 Å².